The fourth-order valence-corrected chi connectivity index (χ4v) is 3.36. The van der Waals surface area contributed by atoms with E-state index in [1.54, 1.807) is 25.4 Å². The van der Waals surface area contributed by atoms with Gasteiger partial charge in [0.25, 0.3) is 11.6 Å². The number of ether oxygens (including phenoxy) is 1. The number of nitro groups is 1. The molecule has 9 heteroatoms. The highest BCUT2D eigenvalue weighted by molar-refractivity contribution is 5.96. The average molecular weight is 373 g/mol. The van der Waals surface area contributed by atoms with Crippen molar-refractivity contribution in [1.29, 1.82) is 0 Å². The molecule has 2 aromatic rings. The molecular formula is C18H23N5O4. The molecule has 1 aromatic carbocycles. The molecule has 3 rings (SSSR count). The summed E-state index contributed by atoms with van der Waals surface area (Å²) in [7, 11) is 3.45. The standard InChI is InChI=1S/C18H23N5O4/c1-22-16-5-3-4-14(13(16)11-20-22)21-18(24)12-6-7-15(19-8-9-27-2)17(10-12)23(25)26/h6-7,10-11,14,19H,3-5,8-9H2,1-2H3,(H,21,24). The number of benzene rings is 1. The Morgan fingerprint density at radius 3 is 3.04 bits per heavy atom. The highest BCUT2D eigenvalue weighted by Gasteiger charge is 2.26. The molecule has 1 aromatic heterocycles. The predicted octanol–water partition coefficient (Wildman–Crippen LogP) is 2.19. The molecule has 0 radical (unpaired) electrons. The van der Waals surface area contributed by atoms with Crippen LogP contribution < -0.4 is 10.6 Å². The number of aromatic nitrogens is 2. The van der Waals surface area contributed by atoms with Gasteiger partial charge in [0.1, 0.15) is 5.69 Å². The average Bonchev–Trinajstić information content (AvgIpc) is 3.04. The summed E-state index contributed by atoms with van der Waals surface area (Å²) in [4.78, 5) is 23.6. The van der Waals surface area contributed by atoms with Gasteiger partial charge >= 0.3 is 0 Å². The van der Waals surface area contributed by atoms with Crippen molar-refractivity contribution in [1.82, 2.24) is 15.1 Å². The van der Waals surface area contributed by atoms with E-state index in [0.717, 1.165) is 30.5 Å². The number of carbonyl (C=O) groups is 1. The summed E-state index contributed by atoms with van der Waals surface area (Å²) in [5, 5.41) is 21.6. The quantitative estimate of drug-likeness (QED) is 0.437. The molecule has 0 saturated heterocycles. The Bertz CT molecular complexity index is 848. The highest BCUT2D eigenvalue weighted by Crippen LogP contribution is 2.30. The van der Waals surface area contributed by atoms with E-state index in [9.17, 15) is 14.9 Å². The summed E-state index contributed by atoms with van der Waals surface area (Å²) in [5.41, 5.74) is 2.62. The zero-order valence-corrected chi connectivity index (χ0v) is 15.4. The van der Waals surface area contributed by atoms with Crippen molar-refractivity contribution >= 4 is 17.3 Å². The maximum Gasteiger partial charge on any atom is 0.293 e. The van der Waals surface area contributed by atoms with Crippen LogP contribution >= 0.6 is 0 Å². The number of hydrogen-bond acceptors (Lipinski definition) is 6. The first-order valence-corrected chi connectivity index (χ1v) is 8.84. The molecule has 2 N–H and O–H groups in total. The number of carbonyl (C=O) groups excluding carboxylic acids is 1. The van der Waals surface area contributed by atoms with Gasteiger partial charge in [-0.3, -0.25) is 19.6 Å². The number of aryl methyl sites for hydroxylation is 1. The molecule has 1 aliphatic carbocycles. The minimum atomic E-state index is -0.494. The first kappa shape index (κ1) is 18.8. The number of nitrogens with zero attached hydrogens (tertiary/aromatic N) is 3. The number of fused-ring (bicyclic) bond motifs is 1. The molecule has 1 heterocycles. The van der Waals surface area contributed by atoms with Crippen molar-refractivity contribution in [2.75, 3.05) is 25.6 Å². The van der Waals surface area contributed by atoms with Crippen molar-refractivity contribution in [2.24, 2.45) is 7.05 Å². The molecule has 0 bridgehead atoms. The molecule has 0 spiro atoms. The summed E-state index contributed by atoms with van der Waals surface area (Å²) >= 11 is 0. The molecular weight excluding hydrogens is 350 g/mol. The van der Waals surface area contributed by atoms with E-state index in [2.05, 4.69) is 15.7 Å². The molecule has 1 atom stereocenters. The number of anilines is 1. The molecule has 27 heavy (non-hydrogen) atoms. The normalized spacial score (nSPS) is 15.9. The number of nitrogens with one attached hydrogen (secondary N) is 2. The van der Waals surface area contributed by atoms with E-state index in [1.165, 1.54) is 6.07 Å². The maximum atomic E-state index is 12.7. The van der Waals surface area contributed by atoms with Crippen molar-refractivity contribution < 1.29 is 14.5 Å². The fourth-order valence-electron chi connectivity index (χ4n) is 3.36. The minimum absolute atomic E-state index is 0.131. The lowest BCUT2D eigenvalue weighted by Gasteiger charge is -2.23. The second-order valence-corrected chi connectivity index (χ2v) is 6.50. The molecule has 9 nitrogen and oxygen atoms in total. The van der Waals surface area contributed by atoms with E-state index in [1.807, 2.05) is 11.7 Å². The van der Waals surface area contributed by atoms with Gasteiger partial charge in [0, 0.05) is 43.6 Å². The highest BCUT2D eigenvalue weighted by atomic mass is 16.6. The van der Waals surface area contributed by atoms with Crippen LogP contribution in [0.25, 0.3) is 0 Å². The zero-order valence-electron chi connectivity index (χ0n) is 15.4. The third kappa shape index (κ3) is 4.08. The van der Waals surface area contributed by atoms with Crippen LogP contribution in [-0.2, 0) is 18.2 Å². The Morgan fingerprint density at radius 1 is 1.48 bits per heavy atom. The Morgan fingerprint density at radius 2 is 2.30 bits per heavy atom. The van der Waals surface area contributed by atoms with Crippen LogP contribution in [0, 0.1) is 10.1 Å². The number of rotatable bonds is 7. The van der Waals surface area contributed by atoms with Crippen LogP contribution in [0.2, 0.25) is 0 Å². The topological polar surface area (TPSA) is 111 Å². The van der Waals surface area contributed by atoms with Crippen LogP contribution in [0.5, 0.6) is 0 Å². The van der Waals surface area contributed by atoms with E-state index in [4.69, 9.17) is 4.74 Å². The summed E-state index contributed by atoms with van der Waals surface area (Å²) in [5.74, 6) is -0.330. The molecule has 0 saturated carbocycles. The monoisotopic (exact) mass is 373 g/mol. The Balaban J connectivity index is 1.77. The smallest absolute Gasteiger partial charge is 0.293 e. The molecule has 1 unspecified atom stereocenters. The van der Waals surface area contributed by atoms with Gasteiger partial charge in [0.2, 0.25) is 0 Å². The summed E-state index contributed by atoms with van der Waals surface area (Å²) in [6.07, 6.45) is 4.50. The van der Waals surface area contributed by atoms with Gasteiger partial charge in [-0.15, -0.1) is 0 Å². The second-order valence-electron chi connectivity index (χ2n) is 6.50. The fraction of sp³-hybridized carbons (Fsp3) is 0.444. The first-order chi connectivity index (χ1) is 13.0. The molecule has 1 aliphatic rings. The lowest BCUT2D eigenvalue weighted by atomic mass is 9.92. The van der Waals surface area contributed by atoms with Crippen molar-refractivity contribution in [3.05, 3.63) is 51.3 Å². The zero-order chi connectivity index (χ0) is 19.4. The molecule has 0 aliphatic heterocycles. The summed E-state index contributed by atoms with van der Waals surface area (Å²) in [6.45, 7) is 0.864. The van der Waals surface area contributed by atoms with Crippen LogP contribution in [0.15, 0.2) is 24.4 Å². The first-order valence-electron chi connectivity index (χ1n) is 8.84. The third-order valence-corrected chi connectivity index (χ3v) is 4.76. The van der Waals surface area contributed by atoms with Crippen molar-refractivity contribution in [3.63, 3.8) is 0 Å². The van der Waals surface area contributed by atoms with Crippen molar-refractivity contribution in [2.45, 2.75) is 25.3 Å². The summed E-state index contributed by atoms with van der Waals surface area (Å²) in [6, 6.07) is 4.31. The maximum absolute atomic E-state index is 12.7. The van der Waals surface area contributed by atoms with Crippen LogP contribution in [0.4, 0.5) is 11.4 Å². The minimum Gasteiger partial charge on any atom is -0.383 e. The number of amides is 1. The second kappa shape index (κ2) is 8.17. The molecule has 1 amide bonds. The van der Waals surface area contributed by atoms with Gasteiger partial charge in [-0.25, -0.2) is 0 Å². The number of hydrogen-bond donors (Lipinski definition) is 2. The van der Waals surface area contributed by atoms with Crippen molar-refractivity contribution in [3.8, 4) is 0 Å². The largest absolute Gasteiger partial charge is 0.383 e. The lowest BCUT2D eigenvalue weighted by molar-refractivity contribution is -0.384. The molecule has 144 valence electrons. The lowest BCUT2D eigenvalue weighted by Crippen LogP contribution is -2.31. The Labute approximate surface area is 156 Å². The number of nitro benzene ring substituents is 1. The third-order valence-electron chi connectivity index (χ3n) is 4.76. The van der Waals surface area contributed by atoms with Crippen LogP contribution in [0.3, 0.4) is 0 Å². The van der Waals surface area contributed by atoms with E-state index < -0.39 is 4.92 Å². The Kier molecular flexibility index (Phi) is 5.70. The van der Waals surface area contributed by atoms with E-state index in [0.29, 0.717) is 18.8 Å². The van der Waals surface area contributed by atoms with Gasteiger partial charge in [-0.2, -0.15) is 5.10 Å². The van der Waals surface area contributed by atoms with Crippen LogP contribution in [-0.4, -0.2) is 40.9 Å². The van der Waals surface area contributed by atoms with E-state index >= 15 is 0 Å². The van der Waals surface area contributed by atoms with Gasteiger partial charge in [0.15, 0.2) is 0 Å². The molecule has 0 fully saturated rings. The van der Waals surface area contributed by atoms with Gasteiger partial charge in [0.05, 0.1) is 23.8 Å². The van der Waals surface area contributed by atoms with E-state index in [-0.39, 0.29) is 23.2 Å². The van der Waals surface area contributed by atoms with Gasteiger partial charge in [-0.05, 0) is 31.4 Å². The summed E-state index contributed by atoms with van der Waals surface area (Å²) < 4.78 is 6.77. The SMILES string of the molecule is COCCNc1ccc(C(=O)NC2CCCc3c2cnn3C)cc1[N+](=O)[O-]. The Hall–Kier alpha value is -2.94. The van der Waals surface area contributed by atoms with Crippen LogP contribution in [0.1, 0.15) is 40.5 Å². The van der Waals surface area contributed by atoms with Gasteiger partial charge < -0.3 is 15.4 Å². The predicted molar refractivity (Wildman–Crippen MR) is 99.8 cm³/mol. The van der Waals surface area contributed by atoms with Gasteiger partial charge in [-0.1, -0.05) is 0 Å². The number of methoxy groups -OCH3 is 1.